The molecule has 2 atom stereocenters. The highest BCUT2D eigenvalue weighted by molar-refractivity contribution is 4.69. The van der Waals surface area contributed by atoms with E-state index in [1.807, 2.05) is 0 Å². The van der Waals surface area contributed by atoms with E-state index in [4.69, 9.17) is 9.47 Å². The van der Waals surface area contributed by atoms with Gasteiger partial charge in [0.25, 0.3) is 0 Å². The van der Waals surface area contributed by atoms with Crippen molar-refractivity contribution in [3.8, 4) is 0 Å². The van der Waals surface area contributed by atoms with E-state index in [1.54, 1.807) is 0 Å². The first kappa shape index (κ1) is 16.9. The summed E-state index contributed by atoms with van der Waals surface area (Å²) in [5.41, 5.74) is 0. The van der Waals surface area contributed by atoms with Crippen LogP contribution in [0.4, 0.5) is 0 Å². The molecule has 1 N–H and O–H groups in total. The van der Waals surface area contributed by atoms with Gasteiger partial charge in [-0.3, -0.25) is 4.90 Å². The van der Waals surface area contributed by atoms with Crippen molar-refractivity contribution in [2.75, 3.05) is 39.4 Å². The Labute approximate surface area is 118 Å². The molecule has 0 bridgehead atoms. The Kier molecular flexibility index (Phi) is 8.62. The fraction of sp³-hybridized carbons (Fsp3) is 1.00. The fourth-order valence-electron chi connectivity index (χ4n) is 2.34. The lowest BCUT2D eigenvalue weighted by molar-refractivity contribution is 0.0633. The van der Waals surface area contributed by atoms with Gasteiger partial charge >= 0.3 is 0 Å². The zero-order chi connectivity index (χ0) is 14.1. The van der Waals surface area contributed by atoms with Crippen molar-refractivity contribution in [2.24, 2.45) is 0 Å². The molecule has 19 heavy (non-hydrogen) atoms. The summed E-state index contributed by atoms with van der Waals surface area (Å²) < 4.78 is 10.9. The van der Waals surface area contributed by atoms with Crippen LogP contribution in [0, 0.1) is 0 Å². The van der Waals surface area contributed by atoms with Gasteiger partial charge in [0.2, 0.25) is 0 Å². The average Bonchev–Trinajstić information content (AvgIpc) is 2.72. The van der Waals surface area contributed by atoms with Crippen molar-refractivity contribution in [3.05, 3.63) is 0 Å². The van der Waals surface area contributed by atoms with Gasteiger partial charge in [0.1, 0.15) is 0 Å². The summed E-state index contributed by atoms with van der Waals surface area (Å²) >= 11 is 0. The van der Waals surface area contributed by atoms with E-state index in [0.29, 0.717) is 18.2 Å². The van der Waals surface area contributed by atoms with Gasteiger partial charge in [-0.25, -0.2) is 0 Å². The fourth-order valence-corrected chi connectivity index (χ4v) is 2.34. The molecule has 4 heteroatoms. The third-order valence-corrected chi connectivity index (χ3v) is 3.62. The molecule has 0 aromatic rings. The molecule has 0 aromatic carbocycles. The molecule has 114 valence electrons. The Bertz CT molecular complexity index is 216. The van der Waals surface area contributed by atoms with Crippen molar-refractivity contribution in [2.45, 2.75) is 58.8 Å². The van der Waals surface area contributed by atoms with E-state index < -0.39 is 0 Å². The number of nitrogens with one attached hydrogen (secondary N) is 1. The first-order valence-electron chi connectivity index (χ1n) is 7.77. The highest BCUT2D eigenvalue weighted by Crippen LogP contribution is 2.08. The minimum absolute atomic E-state index is 0.417. The standard InChI is InChI=1S/C9H19NO.C6H13NO/c1-8(2)10-5-4-6-11-9(3)7-10;1-6-2-3-7-4-5-8-6/h8-9H,4-7H2,1-3H3;6-7H,2-5H2,1H3. The normalized spacial score (nSPS) is 30.2. The molecule has 2 fully saturated rings. The van der Waals surface area contributed by atoms with Gasteiger partial charge in [-0.2, -0.15) is 0 Å². The zero-order valence-electron chi connectivity index (χ0n) is 13.2. The van der Waals surface area contributed by atoms with Crippen LogP contribution in [-0.2, 0) is 9.47 Å². The average molecular weight is 272 g/mol. The summed E-state index contributed by atoms with van der Waals surface area (Å²) in [6, 6.07) is 0.666. The highest BCUT2D eigenvalue weighted by atomic mass is 16.5. The zero-order valence-corrected chi connectivity index (χ0v) is 13.2. The van der Waals surface area contributed by atoms with Crippen molar-refractivity contribution in [1.29, 1.82) is 0 Å². The van der Waals surface area contributed by atoms with Crippen LogP contribution in [0.15, 0.2) is 0 Å². The minimum Gasteiger partial charge on any atom is -0.377 e. The summed E-state index contributed by atoms with van der Waals surface area (Å²) in [5, 5.41) is 3.25. The molecule has 2 unspecified atom stereocenters. The Balaban J connectivity index is 0.000000200. The molecule has 2 saturated heterocycles. The molecule has 0 saturated carbocycles. The largest absolute Gasteiger partial charge is 0.377 e. The predicted molar refractivity (Wildman–Crippen MR) is 79.6 cm³/mol. The van der Waals surface area contributed by atoms with Crippen molar-refractivity contribution < 1.29 is 9.47 Å². The SMILES string of the molecule is CC1CCNCCO1.CC1CN(C(C)C)CCCO1. The molecular weight excluding hydrogens is 240 g/mol. The predicted octanol–water partition coefficient (Wildman–Crippen LogP) is 1.89. The molecule has 0 aliphatic carbocycles. The summed E-state index contributed by atoms with van der Waals surface area (Å²) in [6.45, 7) is 15.0. The van der Waals surface area contributed by atoms with Crippen molar-refractivity contribution in [1.82, 2.24) is 10.2 Å². The maximum absolute atomic E-state index is 5.54. The van der Waals surface area contributed by atoms with E-state index in [2.05, 4.69) is 37.9 Å². The summed E-state index contributed by atoms with van der Waals surface area (Å²) in [6.07, 6.45) is 3.22. The Morgan fingerprint density at radius 1 is 1.05 bits per heavy atom. The minimum atomic E-state index is 0.417. The second-order valence-corrected chi connectivity index (χ2v) is 5.84. The van der Waals surface area contributed by atoms with Gasteiger partial charge < -0.3 is 14.8 Å². The van der Waals surface area contributed by atoms with Crippen molar-refractivity contribution >= 4 is 0 Å². The number of ether oxygens (including phenoxy) is 2. The van der Waals surface area contributed by atoms with Crippen LogP contribution < -0.4 is 5.32 Å². The van der Waals surface area contributed by atoms with Gasteiger partial charge in [-0.15, -0.1) is 0 Å². The Hall–Kier alpha value is -0.160. The number of nitrogens with zero attached hydrogens (tertiary/aromatic N) is 1. The van der Waals surface area contributed by atoms with Gasteiger partial charge in [-0.05, 0) is 47.1 Å². The maximum Gasteiger partial charge on any atom is 0.0673 e. The molecule has 4 nitrogen and oxygen atoms in total. The maximum atomic E-state index is 5.54. The lowest BCUT2D eigenvalue weighted by Crippen LogP contribution is -2.35. The monoisotopic (exact) mass is 272 g/mol. The summed E-state index contributed by atoms with van der Waals surface area (Å²) in [5.74, 6) is 0. The molecular formula is C15H32N2O2. The van der Waals surface area contributed by atoms with E-state index in [1.165, 1.54) is 13.0 Å². The van der Waals surface area contributed by atoms with Gasteiger partial charge in [0.05, 0.1) is 18.8 Å². The van der Waals surface area contributed by atoms with Crippen LogP contribution in [0.25, 0.3) is 0 Å². The molecule has 0 amide bonds. The molecule has 2 heterocycles. The smallest absolute Gasteiger partial charge is 0.0673 e. The Morgan fingerprint density at radius 2 is 1.79 bits per heavy atom. The topological polar surface area (TPSA) is 33.7 Å². The Morgan fingerprint density at radius 3 is 2.53 bits per heavy atom. The summed E-state index contributed by atoms with van der Waals surface area (Å²) in [4.78, 5) is 2.48. The van der Waals surface area contributed by atoms with Gasteiger partial charge in [0.15, 0.2) is 0 Å². The molecule has 0 radical (unpaired) electrons. The first-order chi connectivity index (χ1) is 9.09. The molecule has 2 aliphatic heterocycles. The van der Waals surface area contributed by atoms with Crippen LogP contribution >= 0.6 is 0 Å². The third kappa shape index (κ3) is 7.88. The molecule has 2 rings (SSSR count). The molecule has 0 spiro atoms. The van der Waals surface area contributed by atoms with Gasteiger partial charge in [0, 0.05) is 32.3 Å². The highest BCUT2D eigenvalue weighted by Gasteiger charge is 2.16. The van der Waals surface area contributed by atoms with E-state index in [0.717, 1.165) is 39.3 Å². The lowest BCUT2D eigenvalue weighted by atomic mass is 10.2. The van der Waals surface area contributed by atoms with E-state index in [-0.39, 0.29) is 0 Å². The van der Waals surface area contributed by atoms with Crippen molar-refractivity contribution in [3.63, 3.8) is 0 Å². The quantitative estimate of drug-likeness (QED) is 0.790. The second kappa shape index (κ2) is 9.70. The number of hydrogen-bond donors (Lipinski definition) is 1. The first-order valence-corrected chi connectivity index (χ1v) is 7.77. The van der Waals surface area contributed by atoms with Gasteiger partial charge in [-0.1, -0.05) is 0 Å². The van der Waals surface area contributed by atoms with Crippen LogP contribution in [0.1, 0.15) is 40.5 Å². The van der Waals surface area contributed by atoms with E-state index in [9.17, 15) is 0 Å². The lowest BCUT2D eigenvalue weighted by Gasteiger charge is -2.25. The number of hydrogen-bond acceptors (Lipinski definition) is 4. The third-order valence-electron chi connectivity index (χ3n) is 3.62. The van der Waals surface area contributed by atoms with E-state index >= 15 is 0 Å². The van der Waals surface area contributed by atoms with Crippen LogP contribution in [-0.4, -0.2) is 62.5 Å². The van der Waals surface area contributed by atoms with Crippen LogP contribution in [0.5, 0.6) is 0 Å². The van der Waals surface area contributed by atoms with Crippen LogP contribution in [0.3, 0.4) is 0 Å². The van der Waals surface area contributed by atoms with Crippen LogP contribution in [0.2, 0.25) is 0 Å². The molecule has 2 aliphatic rings. The molecule has 0 aromatic heterocycles. The summed E-state index contributed by atoms with van der Waals surface area (Å²) in [7, 11) is 0. The second-order valence-electron chi connectivity index (χ2n) is 5.84. The number of rotatable bonds is 1.